The second-order valence-corrected chi connectivity index (χ2v) is 8.38. The van der Waals surface area contributed by atoms with Crippen LogP contribution < -0.4 is 5.32 Å². The van der Waals surface area contributed by atoms with Crippen LogP contribution in [0.2, 0.25) is 0 Å². The van der Waals surface area contributed by atoms with E-state index >= 15 is 0 Å². The first-order valence-corrected chi connectivity index (χ1v) is 9.88. The number of anilines is 1. The molecule has 6 heteroatoms. The molecule has 130 valence electrons. The molecule has 0 unspecified atom stereocenters. The van der Waals surface area contributed by atoms with Gasteiger partial charge in [-0.25, -0.2) is 9.50 Å². The molecule has 0 aliphatic heterocycles. The van der Waals surface area contributed by atoms with Crippen LogP contribution in [0.1, 0.15) is 63.5 Å². The van der Waals surface area contributed by atoms with Crippen LogP contribution in [0.15, 0.2) is 16.7 Å². The molecule has 2 aromatic heterocycles. The summed E-state index contributed by atoms with van der Waals surface area (Å²) in [7, 11) is 0. The fraction of sp³-hybridized carbons (Fsp3) is 0.667. The van der Waals surface area contributed by atoms with E-state index in [1.807, 2.05) is 10.7 Å². The lowest BCUT2D eigenvalue weighted by Crippen LogP contribution is -2.20. The molecule has 24 heavy (non-hydrogen) atoms. The quantitative estimate of drug-likeness (QED) is 0.803. The Balaban J connectivity index is 1.58. The van der Waals surface area contributed by atoms with E-state index in [0.29, 0.717) is 17.9 Å². The number of aromatic nitrogens is 3. The minimum atomic E-state index is -0.133. The SMILES string of the molecule is C[C@@H](CC1CC1)Nc1ncc2c(Br)cc([C@H]3CC[C@H](O)CC3)n2n1. The zero-order valence-electron chi connectivity index (χ0n) is 14.1. The van der Waals surface area contributed by atoms with Gasteiger partial charge in [0.05, 0.1) is 17.8 Å². The fourth-order valence-corrected chi connectivity index (χ4v) is 4.34. The Kier molecular flexibility index (Phi) is 4.52. The van der Waals surface area contributed by atoms with Crippen LogP contribution in [0.5, 0.6) is 0 Å². The van der Waals surface area contributed by atoms with E-state index in [0.717, 1.165) is 41.6 Å². The van der Waals surface area contributed by atoms with Gasteiger partial charge in [0.1, 0.15) is 0 Å². The summed E-state index contributed by atoms with van der Waals surface area (Å²) in [6.45, 7) is 2.21. The van der Waals surface area contributed by atoms with Crippen molar-refractivity contribution >= 4 is 27.4 Å². The highest BCUT2D eigenvalue weighted by molar-refractivity contribution is 9.10. The highest BCUT2D eigenvalue weighted by Crippen LogP contribution is 2.36. The van der Waals surface area contributed by atoms with Crippen molar-refractivity contribution in [2.75, 3.05) is 5.32 Å². The van der Waals surface area contributed by atoms with Crippen molar-refractivity contribution in [3.63, 3.8) is 0 Å². The van der Waals surface area contributed by atoms with Gasteiger partial charge in [0.15, 0.2) is 0 Å². The van der Waals surface area contributed by atoms with E-state index in [9.17, 15) is 5.11 Å². The summed E-state index contributed by atoms with van der Waals surface area (Å²) in [4.78, 5) is 4.49. The van der Waals surface area contributed by atoms with Crippen molar-refractivity contribution in [3.8, 4) is 0 Å². The average molecular weight is 393 g/mol. The van der Waals surface area contributed by atoms with Crippen LogP contribution >= 0.6 is 15.9 Å². The Hall–Kier alpha value is -1.14. The second kappa shape index (κ2) is 6.64. The first kappa shape index (κ1) is 16.3. The molecule has 2 heterocycles. The number of aliphatic hydroxyl groups is 1. The highest BCUT2D eigenvalue weighted by atomic mass is 79.9. The number of halogens is 1. The Morgan fingerprint density at radius 3 is 2.75 bits per heavy atom. The molecule has 0 amide bonds. The van der Waals surface area contributed by atoms with Gasteiger partial charge in [-0.05, 0) is 66.9 Å². The molecule has 2 saturated carbocycles. The number of nitrogens with zero attached hydrogens (tertiary/aromatic N) is 3. The van der Waals surface area contributed by atoms with Gasteiger partial charge in [0, 0.05) is 22.1 Å². The number of rotatable bonds is 5. The predicted octanol–water partition coefficient (Wildman–Crippen LogP) is 4.11. The molecular weight excluding hydrogens is 368 g/mol. The van der Waals surface area contributed by atoms with Gasteiger partial charge in [-0.15, -0.1) is 5.10 Å². The Labute approximate surface area is 151 Å². The normalized spacial score (nSPS) is 25.8. The van der Waals surface area contributed by atoms with Crippen LogP contribution in [0, 0.1) is 5.92 Å². The predicted molar refractivity (Wildman–Crippen MR) is 98.3 cm³/mol. The maximum absolute atomic E-state index is 9.76. The third-order valence-electron chi connectivity index (χ3n) is 5.37. The number of aliphatic hydroxyl groups excluding tert-OH is 1. The fourth-order valence-electron chi connectivity index (χ4n) is 3.84. The third kappa shape index (κ3) is 3.45. The molecule has 5 nitrogen and oxygen atoms in total. The summed E-state index contributed by atoms with van der Waals surface area (Å²) in [6, 6.07) is 2.58. The maximum atomic E-state index is 9.76. The van der Waals surface area contributed by atoms with Crippen molar-refractivity contribution in [2.45, 2.75) is 69.9 Å². The van der Waals surface area contributed by atoms with Crippen LogP contribution in [0.25, 0.3) is 5.52 Å². The van der Waals surface area contributed by atoms with Gasteiger partial charge < -0.3 is 10.4 Å². The molecular formula is C18H25BrN4O. The third-order valence-corrected chi connectivity index (χ3v) is 6.01. The van der Waals surface area contributed by atoms with Gasteiger partial charge in [-0.1, -0.05) is 12.8 Å². The average Bonchev–Trinajstić information content (AvgIpc) is 3.31. The number of hydrogen-bond acceptors (Lipinski definition) is 4. The Bertz CT molecular complexity index is 719. The Morgan fingerprint density at radius 1 is 1.29 bits per heavy atom. The molecule has 0 saturated heterocycles. The summed E-state index contributed by atoms with van der Waals surface area (Å²) in [6.07, 6.45) is 9.49. The lowest BCUT2D eigenvalue weighted by Gasteiger charge is -2.25. The number of hydrogen-bond donors (Lipinski definition) is 2. The van der Waals surface area contributed by atoms with E-state index < -0.39 is 0 Å². The summed E-state index contributed by atoms with van der Waals surface area (Å²) >= 11 is 3.64. The molecule has 0 radical (unpaired) electrons. The molecule has 2 aliphatic carbocycles. The van der Waals surface area contributed by atoms with Crippen LogP contribution in [-0.4, -0.2) is 31.9 Å². The maximum Gasteiger partial charge on any atom is 0.241 e. The van der Waals surface area contributed by atoms with Crippen molar-refractivity contribution in [3.05, 3.63) is 22.4 Å². The van der Waals surface area contributed by atoms with Gasteiger partial charge in [-0.3, -0.25) is 0 Å². The lowest BCUT2D eigenvalue weighted by molar-refractivity contribution is 0.121. The summed E-state index contributed by atoms with van der Waals surface area (Å²) in [5.41, 5.74) is 2.24. The largest absolute Gasteiger partial charge is 0.393 e. The van der Waals surface area contributed by atoms with Gasteiger partial charge in [0.2, 0.25) is 5.95 Å². The molecule has 0 aromatic carbocycles. The molecule has 2 fully saturated rings. The second-order valence-electron chi connectivity index (χ2n) is 7.53. The van der Waals surface area contributed by atoms with Gasteiger partial charge in [0.25, 0.3) is 0 Å². The Morgan fingerprint density at radius 2 is 2.04 bits per heavy atom. The van der Waals surface area contributed by atoms with Crippen LogP contribution in [-0.2, 0) is 0 Å². The lowest BCUT2D eigenvalue weighted by atomic mass is 9.85. The topological polar surface area (TPSA) is 62.5 Å². The summed E-state index contributed by atoms with van der Waals surface area (Å²) in [5.74, 6) is 2.05. The summed E-state index contributed by atoms with van der Waals surface area (Å²) < 4.78 is 3.08. The van der Waals surface area contributed by atoms with Crippen LogP contribution in [0.3, 0.4) is 0 Å². The minimum absolute atomic E-state index is 0.133. The highest BCUT2D eigenvalue weighted by Gasteiger charge is 2.26. The first-order valence-electron chi connectivity index (χ1n) is 9.09. The molecule has 2 aromatic rings. The number of nitrogens with one attached hydrogen (secondary N) is 1. The smallest absolute Gasteiger partial charge is 0.241 e. The molecule has 0 bridgehead atoms. The van der Waals surface area contributed by atoms with Crippen molar-refractivity contribution < 1.29 is 5.11 Å². The van der Waals surface area contributed by atoms with Crippen LogP contribution in [0.4, 0.5) is 5.95 Å². The molecule has 1 atom stereocenters. The van der Waals surface area contributed by atoms with E-state index in [2.05, 4.69) is 39.2 Å². The molecule has 4 rings (SSSR count). The van der Waals surface area contributed by atoms with E-state index in [4.69, 9.17) is 5.10 Å². The van der Waals surface area contributed by atoms with Gasteiger partial charge in [-0.2, -0.15) is 0 Å². The zero-order valence-corrected chi connectivity index (χ0v) is 15.7. The molecule has 0 spiro atoms. The standard InChI is InChI=1S/C18H25BrN4O/c1-11(8-12-2-3-12)21-18-20-10-17-15(19)9-16(23(17)22-18)13-4-6-14(24)7-5-13/h9-14,24H,2-8H2,1H3,(H,21,22)/t11-,13-,14-/m0/s1. The summed E-state index contributed by atoms with van der Waals surface area (Å²) in [5, 5.41) is 18.0. The number of fused-ring (bicyclic) bond motifs is 1. The first-order chi connectivity index (χ1) is 11.6. The van der Waals surface area contributed by atoms with Gasteiger partial charge >= 0.3 is 0 Å². The minimum Gasteiger partial charge on any atom is -0.393 e. The zero-order chi connectivity index (χ0) is 16.7. The van der Waals surface area contributed by atoms with E-state index in [-0.39, 0.29) is 6.10 Å². The monoisotopic (exact) mass is 392 g/mol. The van der Waals surface area contributed by atoms with E-state index in [1.165, 1.54) is 25.0 Å². The molecule has 2 aliphatic rings. The molecule has 2 N–H and O–H groups in total. The van der Waals surface area contributed by atoms with Crippen molar-refractivity contribution in [2.24, 2.45) is 5.92 Å². The van der Waals surface area contributed by atoms with Crippen molar-refractivity contribution in [1.29, 1.82) is 0 Å². The van der Waals surface area contributed by atoms with Crippen molar-refractivity contribution in [1.82, 2.24) is 14.6 Å². The van der Waals surface area contributed by atoms with E-state index in [1.54, 1.807) is 0 Å².